The first-order valence-corrected chi connectivity index (χ1v) is 13.0. The number of hydrogen-bond donors (Lipinski definition) is 3. The summed E-state index contributed by atoms with van der Waals surface area (Å²) in [5.74, 6) is -0.572. The highest BCUT2D eigenvalue weighted by Gasteiger charge is 2.43. The maximum atomic E-state index is 13.5. The van der Waals surface area contributed by atoms with Gasteiger partial charge in [0.15, 0.2) is 0 Å². The largest absolute Gasteiger partial charge is 0.710 e. The zero-order chi connectivity index (χ0) is 29.4. The zero-order valence-electron chi connectivity index (χ0n) is 22.7. The number of anilines is 1. The molecule has 0 radical (unpaired) electrons. The van der Waals surface area contributed by atoms with Gasteiger partial charge in [0, 0.05) is 19.5 Å². The number of amides is 3. The summed E-state index contributed by atoms with van der Waals surface area (Å²) in [5, 5.41) is 20.8. The Labute approximate surface area is 229 Å². The summed E-state index contributed by atoms with van der Waals surface area (Å²) < 4.78 is 45.7. The number of likely N-dealkylation sites (tertiary alicyclic amines) is 1. The molecule has 2 aromatic rings. The standard InChI is InChI=1S/C26H33F3N6O5/c1-14(36)31-19-12-16(32-24(38)40-25(2,3)4)6-8-21(19)34-10-9-18(23(34)37)33-22-17-11-15(26(27,28)29)5-7-20(17)35(39)13-30-22/h5,7,11,13,16,18-19,21H,6,8-10,12H2,1-4H3,(H,30,33)(H,31,36)(H,32,38)/t16-,18+,19-,21+/m1/s1. The van der Waals surface area contributed by atoms with Gasteiger partial charge in [-0.3, -0.25) is 9.59 Å². The SMILES string of the molecule is CC(=O)N[C@@H]1C[C@H](NC(=O)OC(C)(C)C)CC[C@@H]1N1CC[C@H](Nc2nc[n+]([O-])c3ccc(C(F)(F)F)cc23)C1=O. The molecule has 0 unspecified atom stereocenters. The predicted molar refractivity (Wildman–Crippen MR) is 138 cm³/mol. The number of alkyl halides is 3. The minimum Gasteiger partial charge on any atom is -0.710 e. The topological polar surface area (TPSA) is 140 Å². The number of halogens is 3. The number of rotatable bonds is 5. The van der Waals surface area contributed by atoms with Crippen LogP contribution in [0.3, 0.4) is 0 Å². The van der Waals surface area contributed by atoms with Crippen LogP contribution >= 0.6 is 0 Å². The second-order valence-corrected chi connectivity index (χ2v) is 11.2. The highest BCUT2D eigenvalue weighted by atomic mass is 19.4. The molecule has 11 nitrogen and oxygen atoms in total. The highest BCUT2D eigenvalue weighted by molar-refractivity contribution is 5.92. The number of nitrogens with one attached hydrogen (secondary N) is 3. The highest BCUT2D eigenvalue weighted by Crippen LogP contribution is 2.33. The molecule has 1 aliphatic carbocycles. The minimum absolute atomic E-state index is 0.00270. The third kappa shape index (κ3) is 6.65. The Balaban J connectivity index is 1.49. The van der Waals surface area contributed by atoms with Crippen molar-refractivity contribution >= 4 is 34.6 Å². The van der Waals surface area contributed by atoms with E-state index in [2.05, 4.69) is 20.9 Å². The van der Waals surface area contributed by atoms with Crippen molar-refractivity contribution in [1.82, 2.24) is 20.5 Å². The first-order chi connectivity index (χ1) is 18.6. The predicted octanol–water partition coefficient (Wildman–Crippen LogP) is 2.85. The molecule has 1 aromatic heterocycles. The van der Waals surface area contributed by atoms with Crippen molar-refractivity contribution in [3.8, 4) is 0 Å². The second-order valence-electron chi connectivity index (χ2n) is 11.2. The van der Waals surface area contributed by atoms with Crippen molar-refractivity contribution in [1.29, 1.82) is 0 Å². The number of carbonyl (C=O) groups excluding carboxylic acids is 3. The summed E-state index contributed by atoms with van der Waals surface area (Å²) in [6.07, 6.45) is -2.46. The van der Waals surface area contributed by atoms with Gasteiger partial charge >= 0.3 is 12.3 Å². The van der Waals surface area contributed by atoms with Crippen LogP contribution in [0.25, 0.3) is 10.9 Å². The fraction of sp³-hybridized carbons (Fsp3) is 0.577. The van der Waals surface area contributed by atoms with E-state index < -0.39 is 35.5 Å². The molecule has 2 fully saturated rings. The summed E-state index contributed by atoms with van der Waals surface area (Å²) in [4.78, 5) is 43.3. The van der Waals surface area contributed by atoms with E-state index in [0.717, 1.165) is 24.5 Å². The quantitative estimate of drug-likeness (QED) is 0.374. The average molecular weight is 567 g/mol. The van der Waals surface area contributed by atoms with E-state index in [1.165, 1.54) is 6.92 Å². The van der Waals surface area contributed by atoms with Gasteiger partial charge in [0.25, 0.3) is 12.1 Å². The number of aromatic nitrogens is 2. The molecule has 3 amide bonds. The Morgan fingerprint density at radius 3 is 2.52 bits per heavy atom. The van der Waals surface area contributed by atoms with Gasteiger partial charge in [-0.05, 0) is 69.6 Å². The molecule has 0 bridgehead atoms. The van der Waals surface area contributed by atoms with E-state index in [4.69, 9.17) is 4.74 Å². The van der Waals surface area contributed by atoms with Crippen LogP contribution in [0.2, 0.25) is 0 Å². The Bertz CT molecular complexity index is 1300. The van der Waals surface area contributed by atoms with Crippen LogP contribution in [0, 0.1) is 5.21 Å². The fourth-order valence-corrected chi connectivity index (χ4v) is 5.33. The van der Waals surface area contributed by atoms with Crippen LogP contribution in [0.15, 0.2) is 24.5 Å². The Morgan fingerprint density at radius 2 is 1.88 bits per heavy atom. The minimum atomic E-state index is -4.62. The Morgan fingerprint density at radius 1 is 1.15 bits per heavy atom. The van der Waals surface area contributed by atoms with Crippen molar-refractivity contribution in [2.45, 2.75) is 89.3 Å². The number of carbonyl (C=O) groups is 3. The lowest BCUT2D eigenvalue weighted by Gasteiger charge is -2.41. The number of benzene rings is 1. The van der Waals surface area contributed by atoms with Crippen LogP contribution in [0.4, 0.5) is 23.8 Å². The van der Waals surface area contributed by atoms with E-state index in [9.17, 15) is 32.8 Å². The maximum Gasteiger partial charge on any atom is 0.416 e. The maximum absolute atomic E-state index is 13.5. The molecule has 4 rings (SSSR count). The van der Waals surface area contributed by atoms with Gasteiger partial charge in [0.2, 0.25) is 11.8 Å². The van der Waals surface area contributed by atoms with Gasteiger partial charge < -0.3 is 30.8 Å². The molecule has 218 valence electrons. The summed E-state index contributed by atoms with van der Waals surface area (Å²) in [6, 6.07) is 0.891. The first-order valence-electron chi connectivity index (χ1n) is 13.0. The van der Waals surface area contributed by atoms with Crippen molar-refractivity contribution in [3.05, 3.63) is 35.3 Å². The molecule has 40 heavy (non-hydrogen) atoms. The fourth-order valence-electron chi connectivity index (χ4n) is 5.33. The number of fused-ring (bicyclic) bond motifs is 1. The molecule has 0 spiro atoms. The van der Waals surface area contributed by atoms with Crippen LogP contribution in [-0.2, 0) is 20.5 Å². The number of hydrogen-bond acceptors (Lipinski definition) is 7. The molecule has 1 aromatic carbocycles. The molecule has 1 saturated heterocycles. The van der Waals surface area contributed by atoms with Crippen molar-refractivity contribution < 1.29 is 37.0 Å². The second kappa shape index (κ2) is 11.0. The lowest BCUT2D eigenvalue weighted by molar-refractivity contribution is -0.580. The Hall–Kier alpha value is -3.84. The molecule has 2 aliphatic rings. The van der Waals surface area contributed by atoms with Crippen LogP contribution in [-0.4, -0.2) is 64.1 Å². The molecule has 3 N–H and O–H groups in total. The first kappa shape index (κ1) is 29.2. The Kier molecular flexibility index (Phi) is 7.99. The van der Waals surface area contributed by atoms with Crippen molar-refractivity contribution in [3.63, 3.8) is 0 Å². The van der Waals surface area contributed by atoms with Crippen LogP contribution in [0.5, 0.6) is 0 Å². The summed E-state index contributed by atoms with van der Waals surface area (Å²) in [6.45, 7) is 7.00. The van der Waals surface area contributed by atoms with Gasteiger partial charge in [-0.2, -0.15) is 13.2 Å². The molecular weight excluding hydrogens is 533 g/mol. The van der Waals surface area contributed by atoms with E-state index in [1.54, 1.807) is 25.7 Å². The van der Waals surface area contributed by atoms with Crippen LogP contribution < -0.4 is 20.7 Å². The van der Waals surface area contributed by atoms with Gasteiger partial charge in [-0.25, -0.2) is 9.52 Å². The molecular formula is C26H33F3N6O5. The third-order valence-electron chi connectivity index (χ3n) is 6.98. The summed E-state index contributed by atoms with van der Waals surface area (Å²) >= 11 is 0. The number of alkyl carbamates (subject to hydrolysis) is 1. The molecule has 2 heterocycles. The lowest BCUT2D eigenvalue weighted by Crippen LogP contribution is -2.58. The van der Waals surface area contributed by atoms with Crippen LogP contribution in [0.1, 0.15) is 58.9 Å². The smallest absolute Gasteiger partial charge is 0.416 e. The lowest BCUT2D eigenvalue weighted by atomic mass is 9.85. The van der Waals surface area contributed by atoms with Gasteiger partial charge in [0.05, 0.1) is 23.0 Å². The van der Waals surface area contributed by atoms with E-state index in [1.807, 2.05) is 0 Å². The molecule has 4 atom stereocenters. The monoisotopic (exact) mass is 566 g/mol. The van der Waals surface area contributed by atoms with Crippen molar-refractivity contribution in [2.75, 3.05) is 11.9 Å². The van der Waals surface area contributed by atoms with E-state index in [-0.39, 0.29) is 40.6 Å². The molecule has 1 aliphatic heterocycles. The third-order valence-corrected chi connectivity index (χ3v) is 6.98. The number of ether oxygens (including phenoxy) is 1. The summed E-state index contributed by atoms with van der Waals surface area (Å²) in [7, 11) is 0. The van der Waals surface area contributed by atoms with E-state index in [0.29, 0.717) is 37.0 Å². The van der Waals surface area contributed by atoms with Gasteiger partial charge in [0.1, 0.15) is 17.2 Å². The molecule has 1 saturated carbocycles. The summed E-state index contributed by atoms with van der Waals surface area (Å²) in [5.41, 5.74) is -1.62. The normalized spacial score (nSPS) is 23.7. The van der Waals surface area contributed by atoms with Gasteiger partial charge in [-0.1, -0.05) is 0 Å². The zero-order valence-corrected chi connectivity index (χ0v) is 22.7. The van der Waals surface area contributed by atoms with E-state index >= 15 is 0 Å². The average Bonchev–Trinajstić information content (AvgIpc) is 3.18. The van der Waals surface area contributed by atoms with Gasteiger partial charge in [-0.15, -0.1) is 0 Å². The number of nitrogens with zero attached hydrogens (tertiary/aromatic N) is 3. The van der Waals surface area contributed by atoms with Crippen molar-refractivity contribution in [2.24, 2.45) is 0 Å². The molecule has 14 heteroatoms.